The predicted octanol–water partition coefficient (Wildman–Crippen LogP) is 3.67. The Kier molecular flexibility index (Phi) is 6.23. The van der Waals surface area contributed by atoms with Crippen LogP contribution in [0.3, 0.4) is 0 Å². The fourth-order valence-corrected chi connectivity index (χ4v) is 2.80. The summed E-state index contributed by atoms with van der Waals surface area (Å²) < 4.78 is 0. The van der Waals surface area contributed by atoms with Gasteiger partial charge in [-0.1, -0.05) is 39.0 Å². The van der Waals surface area contributed by atoms with Crippen LogP contribution in [0.1, 0.15) is 58.2 Å². The minimum Gasteiger partial charge on any atom is -0.478 e. The summed E-state index contributed by atoms with van der Waals surface area (Å²) in [6.07, 6.45) is 0. The van der Waals surface area contributed by atoms with Crippen molar-refractivity contribution < 1.29 is 19.5 Å². The summed E-state index contributed by atoms with van der Waals surface area (Å²) in [5.41, 5.74) is 3.50. The topological polar surface area (TPSA) is 95.5 Å². The lowest BCUT2D eigenvalue weighted by atomic mass is 9.87. The molecule has 0 aliphatic carbocycles. The third kappa shape index (κ3) is 5.19. The number of benzene rings is 2. The van der Waals surface area contributed by atoms with E-state index in [2.05, 4.69) is 31.4 Å². The number of aromatic carboxylic acids is 1. The smallest absolute Gasteiger partial charge is 0.336 e. The molecule has 0 saturated carbocycles. The van der Waals surface area contributed by atoms with E-state index in [1.807, 2.05) is 12.1 Å². The number of carboxylic acid groups (broad SMARTS) is 1. The molecular weight excluding hydrogens is 356 g/mol. The van der Waals surface area contributed by atoms with Crippen molar-refractivity contribution in [3.8, 4) is 0 Å². The number of hydrogen-bond donors (Lipinski definition) is 3. The number of rotatable bonds is 5. The molecule has 2 rings (SSSR count). The first-order valence-corrected chi connectivity index (χ1v) is 9.02. The fraction of sp³-hybridized carbons (Fsp3) is 0.318. The second-order valence-corrected chi connectivity index (χ2v) is 7.85. The molecule has 3 N–H and O–H groups in total. The molecule has 0 aliphatic rings. The van der Waals surface area contributed by atoms with Crippen LogP contribution in [-0.4, -0.2) is 29.4 Å². The minimum atomic E-state index is -1.06. The summed E-state index contributed by atoms with van der Waals surface area (Å²) in [6, 6.07) is 10.4. The highest BCUT2D eigenvalue weighted by Gasteiger charge is 2.15. The zero-order chi connectivity index (χ0) is 21.1. The largest absolute Gasteiger partial charge is 0.478 e. The molecule has 148 valence electrons. The van der Waals surface area contributed by atoms with Gasteiger partial charge in [0.05, 0.1) is 12.1 Å². The molecule has 0 aromatic heterocycles. The van der Waals surface area contributed by atoms with Crippen LogP contribution >= 0.6 is 0 Å². The molecule has 2 aromatic rings. The zero-order valence-corrected chi connectivity index (χ0v) is 16.8. The Balaban J connectivity index is 2.00. The lowest BCUT2D eigenvalue weighted by Gasteiger charge is -2.19. The summed E-state index contributed by atoms with van der Waals surface area (Å²) in [5.74, 6) is -1.83. The minimum absolute atomic E-state index is 0.00437. The van der Waals surface area contributed by atoms with Crippen molar-refractivity contribution in [2.75, 3.05) is 11.9 Å². The van der Waals surface area contributed by atoms with Crippen LogP contribution in [0, 0.1) is 13.8 Å². The van der Waals surface area contributed by atoms with Gasteiger partial charge < -0.3 is 15.7 Å². The van der Waals surface area contributed by atoms with E-state index in [9.17, 15) is 19.5 Å². The van der Waals surface area contributed by atoms with Gasteiger partial charge in [0.15, 0.2) is 0 Å². The van der Waals surface area contributed by atoms with Gasteiger partial charge in [0, 0.05) is 11.3 Å². The fourth-order valence-electron chi connectivity index (χ4n) is 2.80. The number of carboxylic acids is 1. The molecular formula is C22H26N2O4. The van der Waals surface area contributed by atoms with Crippen LogP contribution in [0.25, 0.3) is 0 Å². The van der Waals surface area contributed by atoms with Crippen molar-refractivity contribution in [1.29, 1.82) is 0 Å². The van der Waals surface area contributed by atoms with E-state index in [0.29, 0.717) is 16.8 Å². The molecule has 0 aliphatic heterocycles. The highest BCUT2D eigenvalue weighted by atomic mass is 16.4. The van der Waals surface area contributed by atoms with Crippen molar-refractivity contribution in [2.45, 2.75) is 40.0 Å². The van der Waals surface area contributed by atoms with Gasteiger partial charge in [-0.15, -0.1) is 0 Å². The standard InChI is InChI=1S/C22H26N2O4/c1-13-10-14(2)18(11-17(13)21(27)28)24-19(25)12-23-20(26)15-6-8-16(9-7-15)22(3,4)5/h6-11H,12H2,1-5H3,(H,23,26)(H,24,25)(H,27,28). The van der Waals surface area contributed by atoms with Gasteiger partial charge in [-0.25, -0.2) is 4.79 Å². The zero-order valence-electron chi connectivity index (χ0n) is 16.8. The van der Waals surface area contributed by atoms with Crippen molar-refractivity contribution in [3.05, 3.63) is 64.2 Å². The molecule has 0 spiro atoms. The quantitative estimate of drug-likeness (QED) is 0.735. The number of carbonyl (C=O) groups is 3. The lowest BCUT2D eigenvalue weighted by Crippen LogP contribution is -2.33. The summed E-state index contributed by atoms with van der Waals surface area (Å²) >= 11 is 0. The number of hydrogen-bond acceptors (Lipinski definition) is 3. The van der Waals surface area contributed by atoms with Gasteiger partial charge in [0.25, 0.3) is 5.91 Å². The van der Waals surface area contributed by atoms with Gasteiger partial charge >= 0.3 is 5.97 Å². The SMILES string of the molecule is Cc1cc(C)c(C(=O)O)cc1NC(=O)CNC(=O)c1ccc(C(C)(C)C)cc1. The molecule has 2 aromatic carbocycles. The molecule has 0 fully saturated rings. The van der Waals surface area contributed by atoms with Crippen molar-refractivity contribution in [1.82, 2.24) is 5.32 Å². The Morgan fingerprint density at radius 2 is 1.57 bits per heavy atom. The third-order valence-electron chi connectivity index (χ3n) is 4.50. The normalized spacial score (nSPS) is 11.0. The van der Waals surface area contributed by atoms with Crippen LogP contribution in [0.15, 0.2) is 36.4 Å². The van der Waals surface area contributed by atoms with Gasteiger partial charge in [-0.3, -0.25) is 9.59 Å². The van der Waals surface area contributed by atoms with Gasteiger partial charge in [0.1, 0.15) is 0 Å². The van der Waals surface area contributed by atoms with E-state index in [1.165, 1.54) is 6.07 Å². The van der Waals surface area contributed by atoms with Gasteiger partial charge in [-0.05, 0) is 54.2 Å². The maximum absolute atomic E-state index is 12.2. The van der Waals surface area contributed by atoms with Crippen LogP contribution in [-0.2, 0) is 10.2 Å². The summed E-state index contributed by atoms with van der Waals surface area (Å²) in [6.45, 7) is 9.55. The van der Waals surface area contributed by atoms with Gasteiger partial charge in [-0.2, -0.15) is 0 Å². The lowest BCUT2D eigenvalue weighted by molar-refractivity contribution is -0.115. The number of nitrogens with one attached hydrogen (secondary N) is 2. The monoisotopic (exact) mass is 382 g/mol. The molecule has 0 radical (unpaired) electrons. The number of amides is 2. The van der Waals surface area contributed by atoms with E-state index in [4.69, 9.17) is 0 Å². The van der Waals surface area contributed by atoms with Crippen LogP contribution in [0.4, 0.5) is 5.69 Å². The highest BCUT2D eigenvalue weighted by Crippen LogP contribution is 2.22. The number of aryl methyl sites for hydroxylation is 2. The molecule has 6 nitrogen and oxygen atoms in total. The first-order chi connectivity index (χ1) is 13.0. The van der Waals surface area contributed by atoms with Gasteiger partial charge in [0.2, 0.25) is 5.91 Å². The maximum Gasteiger partial charge on any atom is 0.336 e. The average Bonchev–Trinajstić information content (AvgIpc) is 2.61. The van der Waals surface area contributed by atoms with Crippen LogP contribution in [0.5, 0.6) is 0 Å². The Labute approximate surface area is 165 Å². The summed E-state index contributed by atoms with van der Waals surface area (Å²) in [7, 11) is 0. The van der Waals surface area contributed by atoms with E-state index in [0.717, 1.165) is 11.1 Å². The molecule has 0 heterocycles. The molecule has 6 heteroatoms. The maximum atomic E-state index is 12.2. The average molecular weight is 382 g/mol. The summed E-state index contributed by atoms with van der Waals surface area (Å²) in [5, 5.41) is 14.4. The Hall–Kier alpha value is -3.15. The Morgan fingerprint density at radius 1 is 0.964 bits per heavy atom. The molecule has 0 bridgehead atoms. The number of anilines is 1. The third-order valence-corrected chi connectivity index (χ3v) is 4.50. The van der Waals surface area contributed by atoms with E-state index >= 15 is 0 Å². The molecule has 2 amide bonds. The first-order valence-electron chi connectivity index (χ1n) is 9.02. The first kappa shape index (κ1) is 21.2. The Bertz CT molecular complexity index is 909. The second-order valence-electron chi connectivity index (χ2n) is 7.85. The van der Waals surface area contributed by atoms with Crippen molar-refractivity contribution >= 4 is 23.5 Å². The second kappa shape index (κ2) is 8.25. The molecule has 0 atom stereocenters. The molecule has 0 saturated heterocycles. The summed E-state index contributed by atoms with van der Waals surface area (Å²) in [4.78, 5) is 35.7. The number of carbonyl (C=O) groups excluding carboxylic acids is 2. The van der Waals surface area contributed by atoms with E-state index in [-0.39, 0.29) is 23.4 Å². The predicted molar refractivity (Wildman–Crippen MR) is 109 cm³/mol. The van der Waals surface area contributed by atoms with E-state index < -0.39 is 11.9 Å². The van der Waals surface area contributed by atoms with Crippen molar-refractivity contribution in [3.63, 3.8) is 0 Å². The van der Waals surface area contributed by atoms with E-state index in [1.54, 1.807) is 32.0 Å². The Morgan fingerprint density at radius 3 is 2.11 bits per heavy atom. The van der Waals surface area contributed by atoms with Crippen molar-refractivity contribution in [2.24, 2.45) is 0 Å². The molecule has 0 unspecified atom stereocenters. The highest BCUT2D eigenvalue weighted by molar-refractivity contribution is 6.00. The van der Waals surface area contributed by atoms with Crippen LogP contribution < -0.4 is 10.6 Å². The molecule has 28 heavy (non-hydrogen) atoms. The van der Waals surface area contributed by atoms with Crippen LogP contribution in [0.2, 0.25) is 0 Å².